The highest BCUT2D eigenvalue weighted by Crippen LogP contribution is 2.35. The lowest BCUT2D eigenvalue weighted by Gasteiger charge is -2.24. The van der Waals surface area contributed by atoms with Gasteiger partial charge in [0.1, 0.15) is 0 Å². The summed E-state index contributed by atoms with van der Waals surface area (Å²) in [6, 6.07) is 0.367. The summed E-state index contributed by atoms with van der Waals surface area (Å²) in [6.07, 6.45) is 12.9. The molecule has 6 nitrogen and oxygen atoms in total. The second kappa shape index (κ2) is 6.11. The maximum atomic E-state index is 6.06. The van der Waals surface area contributed by atoms with Gasteiger partial charge in [0, 0.05) is 37.6 Å². The van der Waals surface area contributed by atoms with Gasteiger partial charge in [-0.05, 0) is 50.0 Å². The summed E-state index contributed by atoms with van der Waals surface area (Å²) >= 11 is 0. The zero-order valence-electron chi connectivity index (χ0n) is 14.4. The topological polar surface area (TPSA) is 81.2 Å². The quantitative estimate of drug-likeness (QED) is 0.752. The van der Waals surface area contributed by atoms with Crippen LogP contribution in [0.2, 0.25) is 0 Å². The number of fused-ring (bicyclic) bond motifs is 3. The predicted octanol–water partition coefficient (Wildman–Crippen LogP) is 3.09. The number of aromatic nitrogens is 4. The smallest absolute Gasteiger partial charge is 0.156 e. The summed E-state index contributed by atoms with van der Waals surface area (Å²) in [6.45, 7) is 1.69. The number of nitrogens with one attached hydrogen (secondary N) is 1. The first-order chi connectivity index (χ1) is 12.3. The Balaban J connectivity index is 1.58. The van der Waals surface area contributed by atoms with Crippen LogP contribution in [0.4, 0.5) is 0 Å². The van der Waals surface area contributed by atoms with Crippen LogP contribution in [0.15, 0.2) is 18.6 Å². The summed E-state index contributed by atoms with van der Waals surface area (Å²) < 4.78 is 7.78. The molecule has 0 spiro atoms. The Hall–Kier alpha value is -1.92. The lowest BCUT2D eigenvalue weighted by atomic mass is 9.85. The van der Waals surface area contributed by atoms with Crippen LogP contribution < -0.4 is 5.73 Å². The largest absolute Gasteiger partial charge is 0.381 e. The van der Waals surface area contributed by atoms with E-state index in [4.69, 9.17) is 15.5 Å². The summed E-state index contributed by atoms with van der Waals surface area (Å²) in [5, 5.41) is 0. The van der Waals surface area contributed by atoms with Crippen molar-refractivity contribution in [2.24, 2.45) is 5.73 Å². The Morgan fingerprint density at radius 1 is 1.08 bits per heavy atom. The highest BCUT2D eigenvalue weighted by molar-refractivity contribution is 5.79. The molecular weight excluding hydrogens is 314 g/mol. The second-order valence-electron chi connectivity index (χ2n) is 7.59. The van der Waals surface area contributed by atoms with Gasteiger partial charge in [0.15, 0.2) is 11.3 Å². The first kappa shape index (κ1) is 15.3. The number of nitrogens with two attached hydrogens (primary N) is 1. The molecule has 0 aromatic carbocycles. The van der Waals surface area contributed by atoms with Crippen molar-refractivity contribution in [1.29, 1.82) is 0 Å². The Kier molecular flexibility index (Phi) is 3.75. The normalized spacial score (nSPS) is 25.8. The number of hydrogen-bond acceptors (Lipinski definition) is 4. The van der Waals surface area contributed by atoms with E-state index in [0.717, 1.165) is 63.0 Å². The highest BCUT2D eigenvalue weighted by Gasteiger charge is 2.25. The fourth-order valence-electron chi connectivity index (χ4n) is 4.51. The molecule has 0 amide bonds. The van der Waals surface area contributed by atoms with Crippen molar-refractivity contribution in [2.45, 2.75) is 56.4 Å². The molecule has 1 saturated carbocycles. The minimum Gasteiger partial charge on any atom is -0.381 e. The molecule has 1 aliphatic heterocycles. The minimum atomic E-state index is 0.367. The average molecular weight is 339 g/mol. The maximum absolute atomic E-state index is 6.06. The SMILES string of the molecule is NC1CCC(c2cn3c(cnc4[nH]cc(C5CCOCC5)c43)n2)CC1. The fraction of sp³-hybridized carbons (Fsp3) is 0.579. The van der Waals surface area contributed by atoms with Gasteiger partial charge in [0.25, 0.3) is 0 Å². The summed E-state index contributed by atoms with van der Waals surface area (Å²) in [5.41, 5.74) is 11.7. The van der Waals surface area contributed by atoms with Crippen LogP contribution >= 0.6 is 0 Å². The third kappa shape index (κ3) is 2.64. The van der Waals surface area contributed by atoms with Gasteiger partial charge in [-0.15, -0.1) is 0 Å². The van der Waals surface area contributed by atoms with Crippen molar-refractivity contribution < 1.29 is 4.74 Å². The van der Waals surface area contributed by atoms with E-state index in [9.17, 15) is 0 Å². The molecule has 2 aliphatic rings. The van der Waals surface area contributed by atoms with Gasteiger partial charge in [-0.1, -0.05) is 0 Å². The Labute approximate surface area is 146 Å². The van der Waals surface area contributed by atoms with Gasteiger partial charge in [-0.3, -0.25) is 4.40 Å². The molecule has 3 aromatic rings. The van der Waals surface area contributed by atoms with Crippen LogP contribution in [0.25, 0.3) is 16.8 Å². The zero-order valence-corrected chi connectivity index (χ0v) is 14.4. The van der Waals surface area contributed by atoms with E-state index in [1.54, 1.807) is 0 Å². The lowest BCUT2D eigenvalue weighted by Crippen LogP contribution is -2.25. The highest BCUT2D eigenvalue weighted by atomic mass is 16.5. The number of rotatable bonds is 2. The fourth-order valence-corrected chi connectivity index (χ4v) is 4.51. The number of ether oxygens (including phenoxy) is 1. The number of H-pyrrole nitrogens is 1. The van der Waals surface area contributed by atoms with Crippen LogP contribution in [0, 0.1) is 0 Å². The molecule has 3 N–H and O–H groups in total. The predicted molar refractivity (Wildman–Crippen MR) is 96.8 cm³/mol. The summed E-state index contributed by atoms with van der Waals surface area (Å²) in [4.78, 5) is 12.9. The summed E-state index contributed by atoms with van der Waals surface area (Å²) in [7, 11) is 0. The molecule has 6 heteroatoms. The molecular formula is C19H25N5O. The molecule has 5 rings (SSSR count). The first-order valence-corrected chi connectivity index (χ1v) is 9.48. The Morgan fingerprint density at radius 2 is 1.88 bits per heavy atom. The molecule has 1 saturated heterocycles. The Bertz CT molecular complexity index is 884. The molecule has 1 aliphatic carbocycles. The zero-order chi connectivity index (χ0) is 16.8. The van der Waals surface area contributed by atoms with Gasteiger partial charge < -0.3 is 15.5 Å². The first-order valence-electron chi connectivity index (χ1n) is 9.48. The minimum absolute atomic E-state index is 0.367. The third-order valence-electron chi connectivity index (χ3n) is 6.02. The molecule has 3 aromatic heterocycles. The number of imidazole rings is 1. The van der Waals surface area contributed by atoms with Gasteiger partial charge in [-0.25, -0.2) is 9.97 Å². The molecule has 0 atom stereocenters. The van der Waals surface area contributed by atoms with Gasteiger partial charge in [-0.2, -0.15) is 0 Å². The second-order valence-corrected chi connectivity index (χ2v) is 7.59. The van der Waals surface area contributed by atoms with E-state index < -0.39 is 0 Å². The monoisotopic (exact) mass is 339 g/mol. The molecule has 4 heterocycles. The molecule has 25 heavy (non-hydrogen) atoms. The third-order valence-corrected chi connectivity index (χ3v) is 6.02. The van der Waals surface area contributed by atoms with Crippen LogP contribution in [-0.2, 0) is 4.74 Å². The standard InChI is InChI=1S/C19H25N5O/c20-14-3-1-13(2-4-14)16-11-24-17(23-16)10-22-19-18(24)15(9-21-19)12-5-7-25-8-6-12/h9-14,21H,1-8,20H2. The van der Waals surface area contributed by atoms with E-state index >= 15 is 0 Å². The van der Waals surface area contributed by atoms with Gasteiger partial charge in [0.2, 0.25) is 0 Å². The Morgan fingerprint density at radius 3 is 2.68 bits per heavy atom. The lowest BCUT2D eigenvalue weighted by molar-refractivity contribution is 0.0856. The van der Waals surface area contributed by atoms with Crippen molar-refractivity contribution in [1.82, 2.24) is 19.4 Å². The van der Waals surface area contributed by atoms with Crippen LogP contribution in [-0.4, -0.2) is 38.6 Å². The van der Waals surface area contributed by atoms with E-state index in [2.05, 4.69) is 26.8 Å². The molecule has 2 fully saturated rings. The van der Waals surface area contributed by atoms with E-state index in [1.807, 2.05) is 6.20 Å². The number of hydrogen-bond donors (Lipinski definition) is 2. The van der Waals surface area contributed by atoms with Crippen molar-refractivity contribution in [3.05, 3.63) is 29.8 Å². The van der Waals surface area contributed by atoms with Crippen LogP contribution in [0.5, 0.6) is 0 Å². The van der Waals surface area contributed by atoms with Gasteiger partial charge in [0.05, 0.1) is 17.4 Å². The van der Waals surface area contributed by atoms with Crippen molar-refractivity contribution in [2.75, 3.05) is 13.2 Å². The molecule has 0 unspecified atom stereocenters. The summed E-state index contributed by atoms with van der Waals surface area (Å²) in [5.74, 6) is 1.06. The van der Waals surface area contributed by atoms with E-state index in [1.165, 1.54) is 16.8 Å². The van der Waals surface area contributed by atoms with Crippen molar-refractivity contribution in [3.8, 4) is 0 Å². The molecule has 0 radical (unpaired) electrons. The molecule has 0 bridgehead atoms. The van der Waals surface area contributed by atoms with Crippen molar-refractivity contribution in [3.63, 3.8) is 0 Å². The van der Waals surface area contributed by atoms with Gasteiger partial charge >= 0.3 is 0 Å². The average Bonchev–Trinajstić information content (AvgIpc) is 3.26. The number of nitrogens with zero attached hydrogens (tertiary/aromatic N) is 3. The number of aromatic amines is 1. The van der Waals surface area contributed by atoms with E-state index in [-0.39, 0.29) is 0 Å². The van der Waals surface area contributed by atoms with Crippen molar-refractivity contribution >= 4 is 16.8 Å². The molecule has 132 valence electrons. The van der Waals surface area contributed by atoms with Crippen LogP contribution in [0.3, 0.4) is 0 Å². The van der Waals surface area contributed by atoms with Crippen LogP contribution in [0.1, 0.15) is 61.6 Å². The van der Waals surface area contributed by atoms with E-state index in [0.29, 0.717) is 17.9 Å². The maximum Gasteiger partial charge on any atom is 0.156 e.